The number of phenolic OH excluding ortho intramolecular Hbond substituents is 1. The summed E-state index contributed by atoms with van der Waals surface area (Å²) in [6.45, 7) is 3.22. The van der Waals surface area contributed by atoms with Crippen LogP contribution in [-0.4, -0.2) is 82.4 Å². The summed E-state index contributed by atoms with van der Waals surface area (Å²) in [6, 6.07) is 34.3. The smallest absolute Gasteiger partial charge is 0.416 e. The van der Waals surface area contributed by atoms with Crippen molar-refractivity contribution in [3.63, 3.8) is 0 Å². The zero-order valence-corrected chi connectivity index (χ0v) is 36.2. The van der Waals surface area contributed by atoms with Crippen LogP contribution >= 0.6 is 0 Å². The van der Waals surface area contributed by atoms with Gasteiger partial charge in [-0.05, 0) is 115 Å². The molecule has 5 aromatic carbocycles. The number of aliphatic hydroxyl groups is 1. The van der Waals surface area contributed by atoms with Crippen molar-refractivity contribution in [1.82, 2.24) is 25.4 Å². The van der Waals surface area contributed by atoms with Crippen LogP contribution in [0, 0.1) is 5.92 Å². The first-order valence-electron chi connectivity index (χ1n) is 22.1. The first-order valence-corrected chi connectivity index (χ1v) is 22.1. The molecule has 2 bridgehead atoms. The lowest BCUT2D eigenvalue weighted by Gasteiger charge is -2.43. The van der Waals surface area contributed by atoms with E-state index in [9.17, 15) is 37.8 Å². The largest absolute Gasteiger partial charge is 0.506 e. The van der Waals surface area contributed by atoms with Gasteiger partial charge in [-0.15, -0.1) is 0 Å². The fourth-order valence-electron chi connectivity index (χ4n) is 8.90. The second-order valence-electron chi connectivity index (χ2n) is 16.9. The van der Waals surface area contributed by atoms with Crippen molar-refractivity contribution < 1.29 is 42.4 Å². The Morgan fingerprint density at radius 2 is 1.62 bits per heavy atom. The number of piperidine rings is 3. The van der Waals surface area contributed by atoms with E-state index >= 15 is 0 Å². The standard InChI is InChI=1S/C51H52F3N5O7/c52-51(53,54)42-13-5-4-10-38(42)30-59(25-7-24-55-29-44(61)40-18-20-43(60)48-41(40)19-21-46(62)56-48)49(63)36-16-14-33(15-17-36)32-65-39-12-6-11-37(28-39)47(35-8-2-1-3-9-35)57-50(64)66-45-31-58-26-22-34(45)23-27-58/h1-6,8-21,28,34,44-45,47,55,60-61H,7,22-27,29-32H2,(H,56,62)(H,57,64)/t44?,45?,47-/m0/s1. The fraction of sp³-hybridized carbons (Fsp3) is 0.314. The van der Waals surface area contributed by atoms with Crippen LogP contribution in [0.4, 0.5) is 18.0 Å². The molecule has 15 heteroatoms. The van der Waals surface area contributed by atoms with E-state index in [1.165, 1.54) is 41.3 Å². The summed E-state index contributed by atoms with van der Waals surface area (Å²) >= 11 is 0. The Bertz CT molecular complexity index is 2670. The molecule has 3 aliphatic rings. The lowest BCUT2D eigenvalue weighted by atomic mass is 9.86. The molecule has 3 aliphatic heterocycles. The number of halogens is 3. The maximum atomic E-state index is 14.1. The van der Waals surface area contributed by atoms with Crippen molar-refractivity contribution in [2.75, 3.05) is 39.3 Å². The highest BCUT2D eigenvalue weighted by molar-refractivity contribution is 5.94. The summed E-state index contributed by atoms with van der Waals surface area (Å²) in [5, 5.41) is 27.9. The summed E-state index contributed by atoms with van der Waals surface area (Å²) in [5.41, 5.74) is 2.15. The molecule has 344 valence electrons. The van der Waals surface area contributed by atoms with Gasteiger partial charge in [0.05, 0.1) is 23.2 Å². The summed E-state index contributed by atoms with van der Waals surface area (Å²) < 4.78 is 54.4. The Morgan fingerprint density at radius 3 is 2.36 bits per heavy atom. The molecule has 0 radical (unpaired) electrons. The van der Waals surface area contributed by atoms with E-state index in [1.807, 2.05) is 54.6 Å². The first kappa shape index (κ1) is 45.9. The zero-order valence-electron chi connectivity index (χ0n) is 36.2. The zero-order chi connectivity index (χ0) is 46.2. The topological polar surface area (TPSA) is 156 Å². The van der Waals surface area contributed by atoms with Crippen LogP contribution in [0.3, 0.4) is 0 Å². The van der Waals surface area contributed by atoms with E-state index in [4.69, 9.17) is 9.47 Å². The Balaban J connectivity index is 0.906. The molecule has 2 amide bonds. The Labute approximate surface area is 380 Å². The van der Waals surface area contributed by atoms with E-state index in [-0.39, 0.29) is 54.7 Å². The molecule has 66 heavy (non-hydrogen) atoms. The number of ether oxygens (including phenoxy) is 2. The molecule has 3 atom stereocenters. The number of alkyl halides is 3. The highest BCUT2D eigenvalue weighted by atomic mass is 19.4. The Kier molecular flexibility index (Phi) is 14.4. The molecule has 1 aromatic heterocycles. The average molecular weight is 904 g/mol. The number of aromatic hydroxyl groups is 1. The number of nitrogens with one attached hydrogen (secondary N) is 3. The molecule has 12 nitrogen and oxygen atoms in total. The maximum absolute atomic E-state index is 14.1. The van der Waals surface area contributed by atoms with Crippen LogP contribution in [0.25, 0.3) is 10.9 Å². The molecule has 6 aromatic rings. The summed E-state index contributed by atoms with van der Waals surface area (Å²) in [7, 11) is 0. The lowest BCUT2D eigenvalue weighted by molar-refractivity contribution is -0.138. The highest BCUT2D eigenvalue weighted by Gasteiger charge is 2.37. The monoisotopic (exact) mass is 903 g/mol. The molecule has 0 aliphatic carbocycles. The first-order chi connectivity index (χ1) is 31.9. The van der Waals surface area contributed by atoms with Crippen molar-refractivity contribution in [2.45, 2.75) is 56.8 Å². The number of hydrogen-bond donors (Lipinski definition) is 5. The van der Waals surface area contributed by atoms with Gasteiger partial charge >= 0.3 is 12.3 Å². The van der Waals surface area contributed by atoms with E-state index in [2.05, 4.69) is 20.5 Å². The molecule has 5 N–H and O–H groups in total. The van der Waals surface area contributed by atoms with Gasteiger partial charge in [0.2, 0.25) is 5.56 Å². The van der Waals surface area contributed by atoms with Gasteiger partial charge in [-0.2, -0.15) is 13.2 Å². The van der Waals surface area contributed by atoms with E-state index in [0.29, 0.717) is 35.6 Å². The molecular weight excluding hydrogens is 852 g/mol. The number of aromatic nitrogens is 1. The van der Waals surface area contributed by atoms with Crippen molar-refractivity contribution in [3.8, 4) is 11.5 Å². The molecule has 3 fully saturated rings. The Morgan fingerprint density at radius 1 is 0.879 bits per heavy atom. The second-order valence-corrected chi connectivity index (χ2v) is 16.9. The van der Waals surface area contributed by atoms with E-state index < -0.39 is 41.4 Å². The molecule has 0 spiro atoms. The van der Waals surface area contributed by atoms with Crippen molar-refractivity contribution >= 4 is 22.9 Å². The number of carbonyl (C=O) groups is 2. The number of carbonyl (C=O) groups excluding carboxylic acids is 2. The van der Waals surface area contributed by atoms with Crippen molar-refractivity contribution in [2.24, 2.45) is 5.92 Å². The van der Waals surface area contributed by atoms with Gasteiger partial charge < -0.3 is 40.2 Å². The molecule has 9 rings (SSSR count). The maximum Gasteiger partial charge on any atom is 0.416 e. The normalized spacial score (nSPS) is 17.8. The second kappa shape index (κ2) is 20.7. The molecule has 0 saturated carbocycles. The Hall–Kier alpha value is -6.68. The minimum atomic E-state index is -4.62. The fourth-order valence-corrected chi connectivity index (χ4v) is 8.90. The number of fused-ring (bicyclic) bond motifs is 4. The predicted molar refractivity (Wildman–Crippen MR) is 243 cm³/mol. The van der Waals surface area contributed by atoms with Crippen LogP contribution < -0.4 is 20.9 Å². The van der Waals surface area contributed by atoms with Gasteiger partial charge in [-0.25, -0.2) is 4.79 Å². The van der Waals surface area contributed by atoms with Gasteiger partial charge in [0.15, 0.2) is 0 Å². The molecule has 3 saturated heterocycles. The number of rotatable bonds is 17. The number of alkyl carbamates (subject to hydrolysis) is 1. The minimum absolute atomic E-state index is 0.0398. The highest BCUT2D eigenvalue weighted by Crippen LogP contribution is 2.34. The molecular formula is C51H52F3N5O7. The number of phenols is 1. The summed E-state index contributed by atoms with van der Waals surface area (Å²) in [5.74, 6) is 0.348. The number of aliphatic hydroxyl groups excluding tert-OH is 1. The third-order valence-electron chi connectivity index (χ3n) is 12.4. The van der Waals surface area contributed by atoms with Gasteiger partial charge in [-0.3, -0.25) is 14.5 Å². The lowest BCUT2D eigenvalue weighted by Crippen LogP contribution is -2.52. The van der Waals surface area contributed by atoms with Crippen molar-refractivity contribution in [1.29, 1.82) is 0 Å². The van der Waals surface area contributed by atoms with Crippen LogP contribution in [0.2, 0.25) is 0 Å². The summed E-state index contributed by atoms with van der Waals surface area (Å²) in [4.78, 5) is 45.5. The number of H-pyrrole nitrogens is 1. The summed E-state index contributed by atoms with van der Waals surface area (Å²) in [6.07, 6.45) is -3.84. The number of pyridine rings is 1. The quantitative estimate of drug-likeness (QED) is 0.0571. The average Bonchev–Trinajstić information content (AvgIpc) is 3.33. The van der Waals surface area contributed by atoms with Crippen LogP contribution in [0.5, 0.6) is 11.5 Å². The number of benzene rings is 5. The van der Waals surface area contributed by atoms with Gasteiger partial charge in [0.1, 0.15) is 24.2 Å². The van der Waals surface area contributed by atoms with E-state index in [1.54, 1.807) is 30.3 Å². The predicted octanol–water partition coefficient (Wildman–Crippen LogP) is 8.10. The third-order valence-corrected chi connectivity index (χ3v) is 12.4. The third kappa shape index (κ3) is 11.2. The number of aromatic amines is 1. The van der Waals surface area contributed by atoms with Gasteiger partial charge in [-0.1, -0.05) is 78.9 Å². The van der Waals surface area contributed by atoms with Crippen molar-refractivity contribution in [3.05, 3.63) is 177 Å². The molecule has 4 heterocycles. The van der Waals surface area contributed by atoms with Crippen LogP contribution in [0.15, 0.2) is 132 Å². The number of hydrogen-bond acceptors (Lipinski definition) is 9. The van der Waals surface area contributed by atoms with Crippen LogP contribution in [0.1, 0.15) is 75.1 Å². The van der Waals surface area contributed by atoms with E-state index in [0.717, 1.165) is 55.2 Å². The van der Waals surface area contributed by atoms with Crippen LogP contribution in [-0.2, 0) is 24.1 Å². The van der Waals surface area contributed by atoms with Gasteiger partial charge in [0, 0.05) is 43.2 Å². The molecule has 2 unspecified atom stereocenters. The van der Waals surface area contributed by atoms with Gasteiger partial charge in [0.25, 0.3) is 5.91 Å². The number of amides is 2. The SMILES string of the molecule is O=C(N[C@@H](c1ccccc1)c1cccc(OCc2ccc(C(=O)N(CCCNCC(O)c3ccc(O)c4[nH]c(=O)ccc34)Cc3ccccc3C(F)(F)F)cc2)c1)OC1CN2CCC1CC2. The number of nitrogens with zero attached hydrogens (tertiary/aromatic N) is 2. The minimum Gasteiger partial charge on any atom is -0.506 e.